The molecule has 2 heterocycles. The maximum absolute atomic E-state index is 15.7. The molecule has 9 nitrogen and oxygen atoms in total. The second-order valence-corrected chi connectivity index (χ2v) is 15.2. The van der Waals surface area contributed by atoms with Crippen molar-refractivity contribution in [1.82, 2.24) is 25.3 Å². The van der Waals surface area contributed by atoms with E-state index in [1.165, 1.54) is 13.2 Å². The highest BCUT2D eigenvalue weighted by molar-refractivity contribution is 6.36. The van der Waals surface area contributed by atoms with Crippen LogP contribution in [0.2, 0.25) is 10.0 Å². The Morgan fingerprint density at radius 3 is 2.44 bits per heavy atom. The van der Waals surface area contributed by atoms with Gasteiger partial charge < -0.3 is 25.2 Å². The fourth-order valence-electron chi connectivity index (χ4n) is 7.88. The number of fused-ring (bicyclic) bond motifs is 1. The molecule has 1 aliphatic carbocycles. The lowest BCUT2D eigenvalue weighted by atomic mass is 9.92. The van der Waals surface area contributed by atoms with Crippen molar-refractivity contribution in [3.8, 4) is 33.8 Å². The first kappa shape index (κ1) is 38.1. The van der Waals surface area contributed by atoms with Crippen LogP contribution in [0.25, 0.3) is 33.2 Å². The summed E-state index contributed by atoms with van der Waals surface area (Å²) in [5.41, 5.74) is 6.19. The zero-order valence-corrected chi connectivity index (χ0v) is 32.3. The molecule has 284 valence electrons. The number of hydrogen-bond donors (Lipinski definition) is 3. The Kier molecular flexibility index (Phi) is 11.8. The lowest BCUT2D eigenvalue weighted by Crippen LogP contribution is -2.36. The van der Waals surface area contributed by atoms with Crippen molar-refractivity contribution in [2.75, 3.05) is 27.8 Å². The molecule has 0 radical (unpaired) electrons. The van der Waals surface area contributed by atoms with Crippen LogP contribution in [0.5, 0.6) is 11.5 Å². The number of benzene rings is 4. The number of nitrogens with one attached hydrogen (secondary N) is 2. The summed E-state index contributed by atoms with van der Waals surface area (Å²) in [5.74, 6) is 0.827. The Labute approximate surface area is 325 Å². The number of rotatable bonds is 13. The number of nitrogens with zero attached hydrogens (tertiary/aromatic N) is 3. The fourth-order valence-corrected chi connectivity index (χ4v) is 8.46. The second-order valence-electron chi connectivity index (χ2n) is 14.4. The van der Waals surface area contributed by atoms with E-state index in [0.29, 0.717) is 64.6 Å². The van der Waals surface area contributed by atoms with E-state index in [1.807, 2.05) is 65.5 Å². The van der Waals surface area contributed by atoms with Gasteiger partial charge in [0.05, 0.1) is 43.6 Å². The van der Waals surface area contributed by atoms with Gasteiger partial charge in [-0.05, 0) is 86.2 Å². The third-order valence-electron chi connectivity index (χ3n) is 10.9. The van der Waals surface area contributed by atoms with E-state index in [2.05, 4.69) is 22.6 Å². The Bertz CT molecular complexity index is 2150. The molecule has 1 saturated heterocycles. The van der Waals surface area contributed by atoms with Crippen LogP contribution in [0.3, 0.4) is 0 Å². The van der Waals surface area contributed by atoms with Gasteiger partial charge in [-0.3, -0.25) is 14.4 Å². The molecule has 1 aliphatic heterocycles. The van der Waals surface area contributed by atoms with E-state index in [9.17, 15) is 9.90 Å². The van der Waals surface area contributed by atoms with Crippen LogP contribution < -0.4 is 20.1 Å². The van der Waals surface area contributed by atoms with E-state index in [-0.39, 0.29) is 24.6 Å². The van der Waals surface area contributed by atoms with E-state index in [4.69, 9.17) is 37.8 Å². The molecule has 3 N–H and O–H groups in total. The van der Waals surface area contributed by atoms with Gasteiger partial charge in [-0.15, -0.1) is 0 Å². The molecule has 1 saturated carbocycles. The minimum absolute atomic E-state index is 0.0399. The minimum atomic E-state index is -0.405. The second kappa shape index (κ2) is 16.7. The van der Waals surface area contributed by atoms with Crippen LogP contribution in [-0.4, -0.2) is 71.7 Å². The van der Waals surface area contributed by atoms with Crippen molar-refractivity contribution >= 4 is 40.0 Å². The summed E-state index contributed by atoms with van der Waals surface area (Å²) in [6, 6.07) is 19.5. The average Bonchev–Trinajstić information content (AvgIpc) is 3.78. The molecule has 1 aromatic heterocycles. The smallest absolute Gasteiger partial charge is 0.220 e. The normalized spacial score (nSPS) is 18.7. The first-order valence-electron chi connectivity index (χ1n) is 18.5. The zero-order valence-electron chi connectivity index (χ0n) is 30.8. The SMILES string of the molecule is COc1cc(Cn2ncc3c(-c4cccc(-c5cc(F)c(CNC[C@@H]6CCC(=O)N6)c(OC)c5)c4Cl)cccc32)c(Cl)cc1CN(C)C1CCC(O)CC1. The summed E-state index contributed by atoms with van der Waals surface area (Å²) in [4.78, 5) is 13.9. The van der Waals surface area contributed by atoms with Crippen molar-refractivity contribution in [3.63, 3.8) is 0 Å². The molecule has 1 amide bonds. The highest BCUT2D eigenvalue weighted by atomic mass is 35.5. The molecule has 0 unspecified atom stereocenters. The van der Waals surface area contributed by atoms with Crippen LogP contribution in [0.1, 0.15) is 55.2 Å². The maximum atomic E-state index is 15.7. The summed E-state index contributed by atoms with van der Waals surface area (Å²) in [7, 11) is 5.32. The van der Waals surface area contributed by atoms with Crippen LogP contribution in [0, 0.1) is 5.82 Å². The lowest BCUT2D eigenvalue weighted by Gasteiger charge is -2.33. The molecular formula is C42H46Cl2FN5O4. The van der Waals surface area contributed by atoms with Crippen LogP contribution in [0.15, 0.2) is 66.9 Å². The largest absolute Gasteiger partial charge is 0.496 e. The Morgan fingerprint density at radius 2 is 1.70 bits per heavy atom. The number of halogens is 3. The van der Waals surface area contributed by atoms with Gasteiger partial charge in [0.1, 0.15) is 17.3 Å². The molecule has 0 bridgehead atoms. The predicted octanol–water partition coefficient (Wildman–Crippen LogP) is 7.99. The predicted molar refractivity (Wildman–Crippen MR) is 212 cm³/mol. The summed E-state index contributed by atoms with van der Waals surface area (Å²) in [5, 5.41) is 22.9. The van der Waals surface area contributed by atoms with Crippen molar-refractivity contribution in [2.45, 2.75) is 76.3 Å². The maximum Gasteiger partial charge on any atom is 0.220 e. The molecule has 4 aromatic carbocycles. The number of amides is 1. The number of carbonyl (C=O) groups excluding carboxylic acids is 1. The van der Waals surface area contributed by atoms with Gasteiger partial charge in [0.2, 0.25) is 5.91 Å². The number of methoxy groups -OCH3 is 2. The summed E-state index contributed by atoms with van der Waals surface area (Å²) in [6.07, 6.45) is 6.52. The number of aliphatic hydroxyl groups is 1. The number of ether oxygens (including phenoxy) is 2. The molecule has 2 aliphatic rings. The third kappa shape index (κ3) is 8.09. The van der Waals surface area contributed by atoms with Crippen molar-refractivity contribution < 1.29 is 23.8 Å². The number of carbonyl (C=O) groups is 1. The van der Waals surface area contributed by atoms with Crippen molar-refractivity contribution in [3.05, 3.63) is 99.4 Å². The molecular weight excluding hydrogens is 728 g/mol. The minimum Gasteiger partial charge on any atom is -0.496 e. The molecule has 54 heavy (non-hydrogen) atoms. The molecule has 12 heteroatoms. The van der Waals surface area contributed by atoms with Crippen LogP contribution >= 0.6 is 23.2 Å². The zero-order chi connectivity index (χ0) is 37.9. The summed E-state index contributed by atoms with van der Waals surface area (Å²) >= 11 is 14.1. The lowest BCUT2D eigenvalue weighted by molar-refractivity contribution is -0.119. The van der Waals surface area contributed by atoms with Gasteiger partial charge in [-0.1, -0.05) is 53.5 Å². The van der Waals surface area contributed by atoms with Crippen LogP contribution in [-0.2, 0) is 24.4 Å². The molecule has 5 aromatic rings. The molecule has 2 fully saturated rings. The van der Waals surface area contributed by atoms with Crippen molar-refractivity contribution in [1.29, 1.82) is 0 Å². The van der Waals surface area contributed by atoms with Crippen molar-refractivity contribution in [2.24, 2.45) is 0 Å². The van der Waals surface area contributed by atoms with Gasteiger partial charge in [0, 0.05) is 70.8 Å². The summed E-state index contributed by atoms with van der Waals surface area (Å²) in [6.45, 7) is 1.93. The first-order chi connectivity index (χ1) is 26.1. The average molecular weight is 775 g/mol. The van der Waals surface area contributed by atoms with Gasteiger partial charge in [0.25, 0.3) is 0 Å². The summed E-state index contributed by atoms with van der Waals surface area (Å²) < 4.78 is 29.1. The van der Waals surface area contributed by atoms with E-state index in [1.54, 1.807) is 7.11 Å². The van der Waals surface area contributed by atoms with E-state index in [0.717, 1.165) is 71.0 Å². The Balaban J connectivity index is 1.12. The topological polar surface area (TPSA) is 101 Å². The molecule has 1 atom stereocenters. The highest BCUT2D eigenvalue weighted by Gasteiger charge is 2.25. The molecule has 7 rings (SSSR count). The van der Waals surface area contributed by atoms with E-state index < -0.39 is 5.82 Å². The van der Waals surface area contributed by atoms with Gasteiger partial charge >= 0.3 is 0 Å². The number of hydrogen-bond acceptors (Lipinski definition) is 7. The van der Waals surface area contributed by atoms with Gasteiger partial charge in [-0.25, -0.2) is 4.39 Å². The van der Waals surface area contributed by atoms with Crippen LogP contribution in [0.4, 0.5) is 4.39 Å². The standard InChI is InChI=1S/C42H46Cl2FN5O4/c1-49(29-11-13-30(51)14-12-29)23-27-16-36(43)26(19-39(27)53-2)24-50-38-9-5-7-32(34(38)22-47-50)33-8-4-6-31(42(33)44)25-17-37(45)35(40(18-25)54-3)21-46-20-28-10-15-41(52)48-28/h4-9,16-19,22,28-30,46,51H,10-15,20-21,23-24H2,1-3H3,(H,48,52)/t28-,29?,30?/m0/s1. The fraction of sp³-hybridized carbons (Fsp3) is 0.381. The number of aromatic nitrogens is 2. The van der Waals surface area contributed by atoms with Gasteiger partial charge in [-0.2, -0.15) is 5.10 Å². The first-order valence-corrected chi connectivity index (χ1v) is 19.2. The molecule has 0 spiro atoms. The van der Waals surface area contributed by atoms with E-state index >= 15 is 4.39 Å². The number of aliphatic hydroxyl groups excluding tert-OH is 1. The quantitative estimate of drug-likeness (QED) is 0.112. The Morgan fingerprint density at radius 1 is 0.963 bits per heavy atom. The highest BCUT2D eigenvalue weighted by Crippen LogP contribution is 2.41. The van der Waals surface area contributed by atoms with Gasteiger partial charge in [0.15, 0.2) is 0 Å². The Hall–Kier alpha value is -4.19. The third-order valence-corrected chi connectivity index (χ3v) is 11.7. The monoisotopic (exact) mass is 773 g/mol.